The molecule has 3 rings (SSSR count). The van der Waals surface area contributed by atoms with Crippen molar-refractivity contribution in [3.05, 3.63) is 53.0 Å². The summed E-state index contributed by atoms with van der Waals surface area (Å²) in [6.45, 7) is 0.616. The first-order valence-corrected chi connectivity index (χ1v) is 14.3. The van der Waals surface area contributed by atoms with Crippen LogP contribution in [-0.2, 0) is 24.8 Å². The maximum Gasteiger partial charge on any atom is 0.245 e. The molecule has 0 aromatic heterocycles. The van der Waals surface area contributed by atoms with Crippen LogP contribution >= 0.6 is 15.9 Å². The van der Waals surface area contributed by atoms with Gasteiger partial charge in [-0.15, -0.1) is 0 Å². The number of anilines is 2. The molecule has 1 fully saturated rings. The van der Waals surface area contributed by atoms with Gasteiger partial charge in [0.2, 0.25) is 26.0 Å². The van der Waals surface area contributed by atoms with Gasteiger partial charge in [-0.25, -0.2) is 16.8 Å². The van der Waals surface area contributed by atoms with Gasteiger partial charge >= 0.3 is 0 Å². The van der Waals surface area contributed by atoms with Gasteiger partial charge in [-0.2, -0.15) is 4.31 Å². The summed E-state index contributed by atoms with van der Waals surface area (Å²) in [6, 6.07) is 12.5. The summed E-state index contributed by atoms with van der Waals surface area (Å²) in [5.41, 5.74) is 0.749. The van der Waals surface area contributed by atoms with Crippen LogP contribution in [-0.4, -0.2) is 52.9 Å². The van der Waals surface area contributed by atoms with Crippen molar-refractivity contribution in [3.63, 3.8) is 0 Å². The third-order valence-corrected chi connectivity index (χ3v) is 8.73. The molecule has 0 aliphatic carbocycles. The molecule has 8 nitrogen and oxygen atoms in total. The van der Waals surface area contributed by atoms with E-state index in [4.69, 9.17) is 0 Å². The average molecular weight is 544 g/mol. The van der Waals surface area contributed by atoms with E-state index >= 15 is 0 Å². The van der Waals surface area contributed by atoms with Crippen LogP contribution in [0.15, 0.2) is 57.9 Å². The molecule has 11 heteroatoms. The Balaban J connectivity index is 1.70. The summed E-state index contributed by atoms with van der Waals surface area (Å²) >= 11 is 3.30. The molecule has 174 valence electrons. The Hall–Kier alpha value is -1.95. The third-order valence-electron chi connectivity index (χ3n) is 5.14. The van der Waals surface area contributed by atoms with Crippen molar-refractivity contribution in [1.82, 2.24) is 4.31 Å². The highest BCUT2D eigenvalue weighted by Crippen LogP contribution is 2.23. The molecule has 0 spiro atoms. The second-order valence-corrected chi connectivity index (χ2v) is 12.4. The second kappa shape index (κ2) is 10.3. The first kappa shape index (κ1) is 24.7. The van der Waals surface area contributed by atoms with E-state index in [1.165, 1.54) is 28.6 Å². The Kier molecular flexibility index (Phi) is 7.97. The highest BCUT2D eigenvalue weighted by Gasteiger charge is 2.25. The van der Waals surface area contributed by atoms with Crippen molar-refractivity contribution in [3.8, 4) is 0 Å². The molecular weight excluding hydrogens is 518 g/mol. The number of rotatable bonds is 7. The number of halogens is 1. The Morgan fingerprint density at radius 3 is 2.03 bits per heavy atom. The minimum absolute atomic E-state index is 0.171. The van der Waals surface area contributed by atoms with Gasteiger partial charge < -0.3 is 5.32 Å². The number of hydrogen-bond acceptors (Lipinski definition) is 5. The zero-order valence-electron chi connectivity index (χ0n) is 17.7. The van der Waals surface area contributed by atoms with E-state index in [-0.39, 0.29) is 4.90 Å². The predicted octanol–water partition coefficient (Wildman–Crippen LogP) is 3.42. The van der Waals surface area contributed by atoms with Crippen molar-refractivity contribution < 1.29 is 21.6 Å². The SMILES string of the molecule is CS(=O)(=O)N(CC(=O)Nc1ccc(S(=O)(=O)N2CCCCCC2)cc1)c1ccc(Br)cc1. The summed E-state index contributed by atoms with van der Waals surface area (Å²) in [7, 11) is -7.27. The largest absolute Gasteiger partial charge is 0.325 e. The van der Waals surface area contributed by atoms with Crippen LogP contribution < -0.4 is 9.62 Å². The normalized spacial score (nSPS) is 15.7. The van der Waals surface area contributed by atoms with Gasteiger partial charge in [0.05, 0.1) is 16.8 Å². The zero-order valence-corrected chi connectivity index (χ0v) is 20.9. The Morgan fingerprint density at radius 1 is 0.938 bits per heavy atom. The molecule has 1 aliphatic rings. The topological polar surface area (TPSA) is 104 Å². The highest BCUT2D eigenvalue weighted by molar-refractivity contribution is 9.10. The van der Waals surface area contributed by atoms with Gasteiger partial charge in [-0.05, 0) is 61.4 Å². The van der Waals surface area contributed by atoms with Crippen molar-refractivity contribution in [2.45, 2.75) is 30.6 Å². The van der Waals surface area contributed by atoms with E-state index in [9.17, 15) is 21.6 Å². The van der Waals surface area contributed by atoms with Gasteiger partial charge in [0.15, 0.2) is 0 Å². The molecule has 1 heterocycles. The number of hydrogen-bond donors (Lipinski definition) is 1. The van der Waals surface area contributed by atoms with Crippen molar-refractivity contribution in [2.75, 3.05) is 35.5 Å². The molecule has 1 amide bonds. The maximum atomic E-state index is 12.9. The Morgan fingerprint density at radius 2 is 1.50 bits per heavy atom. The van der Waals surface area contributed by atoms with Gasteiger partial charge in [0.1, 0.15) is 6.54 Å². The number of sulfonamides is 2. The molecule has 0 unspecified atom stereocenters. The lowest BCUT2D eigenvalue weighted by Gasteiger charge is -2.22. The maximum absolute atomic E-state index is 12.9. The van der Waals surface area contributed by atoms with Crippen LogP contribution in [0.3, 0.4) is 0 Å². The van der Waals surface area contributed by atoms with Crippen molar-refractivity contribution in [1.29, 1.82) is 0 Å². The Labute approximate surface area is 197 Å². The lowest BCUT2D eigenvalue weighted by Crippen LogP contribution is -2.37. The van der Waals surface area contributed by atoms with Crippen LogP contribution in [0.4, 0.5) is 11.4 Å². The monoisotopic (exact) mass is 543 g/mol. The number of benzene rings is 2. The van der Waals surface area contributed by atoms with E-state index in [0.717, 1.165) is 40.7 Å². The molecule has 1 N–H and O–H groups in total. The molecule has 0 saturated carbocycles. The first-order valence-electron chi connectivity index (χ1n) is 10.2. The van der Waals surface area contributed by atoms with Crippen LogP contribution in [0, 0.1) is 0 Å². The smallest absolute Gasteiger partial charge is 0.245 e. The quantitative estimate of drug-likeness (QED) is 0.576. The molecule has 0 atom stereocenters. The number of carbonyl (C=O) groups excluding carboxylic acids is 1. The van der Waals surface area contributed by atoms with Crippen LogP contribution in [0.25, 0.3) is 0 Å². The van der Waals surface area contributed by atoms with E-state index < -0.39 is 32.5 Å². The number of nitrogens with one attached hydrogen (secondary N) is 1. The third kappa shape index (κ3) is 6.31. The number of carbonyl (C=O) groups is 1. The molecule has 1 saturated heterocycles. The van der Waals surface area contributed by atoms with Gasteiger partial charge in [-0.3, -0.25) is 9.10 Å². The van der Waals surface area contributed by atoms with Crippen LogP contribution in [0.5, 0.6) is 0 Å². The van der Waals surface area contributed by atoms with Crippen LogP contribution in [0.2, 0.25) is 0 Å². The lowest BCUT2D eigenvalue weighted by atomic mass is 10.2. The standard InChI is InChI=1S/C21H26BrN3O5S2/c1-31(27,28)25(19-10-6-17(22)7-11-19)16-21(26)23-18-8-12-20(13-9-18)32(29,30)24-14-4-2-3-5-15-24/h6-13H,2-5,14-16H2,1H3,(H,23,26). The predicted molar refractivity (Wildman–Crippen MR) is 129 cm³/mol. The number of nitrogens with zero attached hydrogens (tertiary/aromatic N) is 2. The molecule has 0 radical (unpaired) electrons. The molecule has 2 aromatic rings. The summed E-state index contributed by atoms with van der Waals surface area (Å²) < 4.78 is 53.4. The van der Waals surface area contributed by atoms with Crippen LogP contribution in [0.1, 0.15) is 25.7 Å². The van der Waals surface area contributed by atoms with E-state index in [1.807, 2.05) is 0 Å². The summed E-state index contributed by atoms with van der Waals surface area (Å²) in [5.74, 6) is -0.540. The molecule has 32 heavy (non-hydrogen) atoms. The van der Waals surface area contributed by atoms with Gasteiger partial charge in [0.25, 0.3) is 0 Å². The first-order chi connectivity index (χ1) is 15.1. The molecule has 0 bridgehead atoms. The molecule has 2 aromatic carbocycles. The fourth-order valence-electron chi connectivity index (χ4n) is 3.48. The minimum atomic E-state index is -3.69. The average Bonchev–Trinajstić information content (AvgIpc) is 3.03. The van der Waals surface area contributed by atoms with E-state index in [0.29, 0.717) is 24.5 Å². The summed E-state index contributed by atoms with van der Waals surface area (Å²) in [4.78, 5) is 12.7. The molecule has 1 aliphatic heterocycles. The number of amides is 1. The van der Waals surface area contributed by atoms with E-state index in [2.05, 4.69) is 21.2 Å². The fraction of sp³-hybridized carbons (Fsp3) is 0.381. The summed E-state index contributed by atoms with van der Waals surface area (Å²) in [6.07, 6.45) is 4.79. The van der Waals surface area contributed by atoms with Gasteiger partial charge in [0, 0.05) is 23.2 Å². The second-order valence-electron chi connectivity index (χ2n) is 7.64. The van der Waals surface area contributed by atoms with E-state index in [1.54, 1.807) is 24.3 Å². The zero-order chi connectivity index (χ0) is 23.4. The summed E-state index contributed by atoms with van der Waals surface area (Å²) in [5, 5.41) is 2.63. The Bertz CT molecular complexity index is 1140. The highest BCUT2D eigenvalue weighted by atomic mass is 79.9. The lowest BCUT2D eigenvalue weighted by molar-refractivity contribution is -0.114. The molecular formula is C21H26BrN3O5S2. The van der Waals surface area contributed by atoms with Crippen molar-refractivity contribution >= 4 is 53.3 Å². The van der Waals surface area contributed by atoms with Gasteiger partial charge in [-0.1, -0.05) is 28.8 Å². The fourth-order valence-corrected chi connectivity index (χ4v) is 6.12. The van der Waals surface area contributed by atoms with Crippen molar-refractivity contribution in [2.24, 2.45) is 0 Å². The minimum Gasteiger partial charge on any atom is -0.325 e.